The van der Waals surface area contributed by atoms with Gasteiger partial charge in [0, 0.05) is 30.3 Å². The highest BCUT2D eigenvalue weighted by Gasteiger charge is 2.21. The van der Waals surface area contributed by atoms with Crippen LogP contribution in [0.4, 0.5) is 8.78 Å². The maximum atomic E-state index is 13.7. The summed E-state index contributed by atoms with van der Waals surface area (Å²) in [5, 5.41) is 2.43. The van der Waals surface area contributed by atoms with Crippen LogP contribution in [0.2, 0.25) is 0 Å². The minimum Gasteiger partial charge on any atom is -0.355 e. The molecule has 2 N–H and O–H groups in total. The number of hydrogen-bond acceptors (Lipinski definition) is 3. The van der Waals surface area contributed by atoms with E-state index in [-0.39, 0.29) is 16.4 Å². The zero-order valence-electron chi connectivity index (χ0n) is 13.0. The predicted molar refractivity (Wildman–Crippen MR) is 84.9 cm³/mol. The fraction of sp³-hybridized carbons (Fsp3) is 0.188. The molecular weight excluding hydrogens is 338 g/mol. The van der Waals surface area contributed by atoms with Gasteiger partial charge in [-0.1, -0.05) is 6.07 Å². The zero-order valence-corrected chi connectivity index (χ0v) is 13.8. The summed E-state index contributed by atoms with van der Waals surface area (Å²) in [5.41, 5.74) is 0.344. The summed E-state index contributed by atoms with van der Waals surface area (Å²) in [6.07, 6.45) is 0. The van der Waals surface area contributed by atoms with Crippen molar-refractivity contribution in [2.24, 2.45) is 0 Å². The topological polar surface area (TPSA) is 75.3 Å². The third kappa shape index (κ3) is 3.95. The van der Waals surface area contributed by atoms with Crippen molar-refractivity contribution in [3.63, 3.8) is 0 Å². The highest BCUT2D eigenvalue weighted by molar-refractivity contribution is 7.89. The fourth-order valence-corrected chi connectivity index (χ4v) is 3.37. The summed E-state index contributed by atoms with van der Waals surface area (Å²) in [6, 6.07) is 7.34. The van der Waals surface area contributed by atoms with Gasteiger partial charge in [-0.3, -0.25) is 4.79 Å². The molecule has 0 unspecified atom stereocenters. The summed E-state index contributed by atoms with van der Waals surface area (Å²) < 4.78 is 53.7. The lowest BCUT2D eigenvalue weighted by Gasteiger charge is -2.15. The van der Waals surface area contributed by atoms with Crippen LogP contribution in [0.15, 0.2) is 47.4 Å². The molecule has 0 fully saturated rings. The number of benzene rings is 2. The lowest BCUT2D eigenvalue weighted by molar-refractivity contribution is 0.0963. The number of carbonyl (C=O) groups is 1. The molecule has 0 aliphatic heterocycles. The molecule has 0 saturated carbocycles. The largest absolute Gasteiger partial charge is 0.355 e. The molecule has 0 radical (unpaired) electrons. The van der Waals surface area contributed by atoms with Crippen molar-refractivity contribution in [1.82, 2.24) is 10.0 Å². The smallest absolute Gasteiger partial charge is 0.251 e. The number of amides is 1. The Labute approximate surface area is 138 Å². The molecular formula is C16H16F2N2O3S. The molecule has 5 nitrogen and oxygen atoms in total. The zero-order chi connectivity index (χ0) is 17.9. The molecule has 2 rings (SSSR count). The second kappa shape index (κ2) is 7.06. The lowest BCUT2D eigenvalue weighted by atomic mass is 10.1. The van der Waals surface area contributed by atoms with E-state index in [1.54, 1.807) is 0 Å². The standard InChI is InChI=1S/C16H16F2N2O3S/c1-10(14-8-5-12(17)9-15(14)18)20-24(22,23)13-6-3-11(4-7-13)16(21)19-2/h3-10,20H,1-2H3,(H,19,21)/t10-/m1/s1. The van der Waals surface area contributed by atoms with Crippen LogP contribution in [0.1, 0.15) is 28.9 Å². The molecule has 0 bridgehead atoms. The van der Waals surface area contributed by atoms with Crippen molar-refractivity contribution in [2.75, 3.05) is 7.05 Å². The van der Waals surface area contributed by atoms with Crippen molar-refractivity contribution in [3.05, 3.63) is 65.2 Å². The predicted octanol–water partition coefficient (Wildman–Crippen LogP) is 2.36. The molecule has 2 aromatic rings. The van der Waals surface area contributed by atoms with Gasteiger partial charge in [0.1, 0.15) is 11.6 Å². The van der Waals surface area contributed by atoms with Gasteiger partial charge < -0.3 is 5.32 Å². The molecule has 0 aliphatic carbocycles. The molecule has 0 aliphatic rings. The Morgan fingerprint density at radius 3 is 2.25 bits per heavy atom. The van der Waals surface area contributed by atoms with Crippen molar-refractivity contribution in [1.29, 1.82) is 0 Å². The summed E-state index contributed by atoms with van der Waals surface area (Å²) in [4.78, 5) is 11.4. The second-order valence-electron chi connectivity index (χ2n) is 5.11. The maximum Gasteiger partial charge on any atom is 0.251 e. The number of nitrogens with one attached hydrogen (secondary N) is 2. The van der Waals surface area contributed by atoms with Gasteiger partial charge >= 0.3 is 0 Å². The van der Waals surface area contributed by atoms with Crippen LogP contribution in [0.3, 0.4) is 0 Å². The van der Waals surface area contributed by atoms with Crippen LogP contribution in [-0.2, 0) is 10.0 Å². The molecule has 24 heavy (non-hydrogen) atoms. The van der Waals surface area contributed by atoms with Gasteiger partial charge in [-0.05, 0) is 37.3 Å². The van der Waals surface area contributed by atoms with E-state index in [1.807, 2.05) is 0 Å². The number of rotatable bonds is 5. The first-order valence-corrected chi connectivity index (χ1v) is 8.52. The van der Waals surface area contributed by atoms with Gasteiger partial charge in [0.15, 0.2) is 0 Å². The van der Waals surface area contributed by atoms with Crippen molar-refractivity contribution < 1.29 is 22.0 Å². The number of sulfonamides is 1. The molecule has 1 atom stereocenters. The summed E-state index contributed by atoms with van der Waals surface area (Å²) in [5.74, 6) is -1.91. The van der Waals surface area contributed by atoms with E-state index in [2.05, 4.69) is 10.0 Å². The van der Waals surface area contributed by atoms with Crippen molar-refractivity contribution in [3.8, 4) is 0 Å². The highest BCUT2D eigenvalue weighted by Crippen LogP contribution is 2.20. The number of halogens is 2. The van der Waals surface area contributed by atoms with Crippen LogP contribution in [0, 0.1) is 11.6 Å². The Morgan fingerprint density at radius 2 is 1.71 bits per heavy atom. The molecule has 2 aromatic carbocycles. The summed E-state index contributed by atoms with van der Waals surface area (Å²) in [6.45, 7) is 1.45. The third-order valence-electron chi connectivity index (χ3n) is 3.41. The normalized spacial score (nSPS) is 12.7. The minimum absolute atomic E-state index is 0.0296. The van der Waals surface area contributed by atoms with E-state index in [0.717, 1.165) is 6.07 Å². The Hall–Kier alpha value is -2.32. The molecule has 0 aromatic heterocycles. The van der Waals surface area contributed by atoms with E-state index in [0.29, 0.717) is 11.6 Å². The van der Waals surface area contributed by atoms with Gasteiger partial charge in [-0.2, -0.15) is 0 Å². The fourth-order valence-electron chi connectivity index (χ4n) is 2.15. The number of hydrogen-bond donors (Lipinski definition) is 2. The van der Waals surface area contributed by atoms with E-state index >= 15 is 0 Å². The van der Waals surface area contributed by atoms with Crippen LogP contribution in [-0.4, -0.2) is 21.4 Å². The number of carbonyl (C=O) groups excluding carboxylic acids is 1. The minimum atomic E-state index is -3.93. The highest BCUT2D eigenvalue weighted by atomic mass is 32.2. The molecule has 0 spiro atoms. The van der Waals surface area contributed by atoms with Gasteiger partial charge in [0.2, 0.25) is 10.0 Å². The average Bonchev–Trinajstić information content (AvgIpc) is 2.53. The Bertz CT molecular complexity index is 852. The van der Waals surface area contributed by atoms with Crippen LogP contribution in [0.25, 0.3) is 0 Å². The first kappa shape index (κ1) is 18.0. The average molecular weight is 354 g/mol. The van der Waals surface area contributed by atoms with E-state index in [4.69, 9.17) is 0 Å². The molecule has 1 amide bonds. The van der Waals surface area contributed by atoms with Gasteiger partial charge in [-0.15, -0.1) is 0 Å². The Kier molecular flexibility index (Phi) is 5.30. The first-order chi connectivity index (χ1) is 11.2. The molecule has 128 valence electrons. The van der Waals surface area contributed by atoms with Crippen molar-refractivity contribution >= 4 is 15.9 Å². The monoisotopic (exact) mass is 354 g/mol. The molecule has 0 heterocycles. The van der Waals surface area contributed by atoms with Gasteiger partial charge in [-0.25, -0.2) is 21.9 Å². The van der Waals surface area contributed by atoms with Crippen LogP contribution < -0.4 is 10.0 Å². The molecule has 0 saturated heterocycles. The summed E-state index contributed by atoms with van der Waals surface area (Å²) in [7, 11) is -2.46. The second-order valence-corrected chi connectivity index (χ2v) is 6.83. The van der Waals surface area contributed by atoms with Crippen molar-refractivity contribution in [2.45, 2.75) is 17.9 Å². The quantitative estimate of drug-likeness (QED) is 0.866. The van der Waals surface area contributed by atoms with Crippen LogP contribution >= 0.6 is 0 Å². The van der Waals surface area contributed by atoms with E-state index in [9.17, 15) is 22.0 Å². The van der Waals surface area contributed by atoms with E-state index in [1.165, 1.54) is 44.3 Å². The Morgan fingerprint density at radius 1 is 1.08 bits per heavy atom. The Balaban J connectivity index is 2.22. The third-order valence-corrected chi connectivity index (χ3v) is 4.97. The molecule has 8 heteroatoms. The first-order valence-electron chi connectivity index (χ1n) is 7.04. The van der Waals surface area contributed by atoms with Crippen LogP contribution in [0.5, 0.6) is 0 Å². The lowest BCUT2D eigenvalue weighted by Crippen LogP contribution is -2.27. The van der Waals surface area contributed by atoms with Gasteiger partial charge in [0.25, 0.3) is 5.91 Å². The van der Waals surface area contributed by atoms with E-state index < -0.39 is 27.7 Å². The SMILES string of the molecule is CNC(=O)c1ccc(S(=O)(=O)N[C@H](C)c2ccc(F)cc2F)cc1. The maximum absolute atomic E-state index is 13.7. The van der Waals surface area contributed by atoms with Gasteiger partial charge in [0.05, 0.1) is 4.90 Å². The summed E-state index contributed by atoms with van der Waals surface area (Å²) >= 11 is 0.